The van der Waals surface area contributed by atoms with Crippen molar-refractivity contribution in [3.63, 3.8) is 0 Å². The summed E-state index contributed by atoms with van der Waals surface area (Å²) < 4.78 is 4.89. The number of fused-ring (bicyclic) bond motifs is 1. The lowest BCUT2D eigenvalue weighted by Gasteiger charge is -2.30. The number of hydrogen-bond acceptors (Lipinski definition) is 2. The Morgan fingerprint density at radius 2 is 2.50 bits per heavy atom. The van der Waals surface area contributed by atoms with E-state index in [-0.39, 0.29) is 6.09 Å². The van der Waals surface area contributed by atoms with E-state index in [4.69, 9.17) is 4.74 Å². The average Bonchev–Trinajstić information content (AvgIpc) is 2.04. The molecule has 2 atom stereocenters. The van der Waals surface area contributed by atoms with Gasteiger partial charge in [-0.25, -0.2) is 4.79 Å². The summed E-state index contributed by atoms with van der Waals surface area (Å²) in [5, 5.41) is 2.70. The van der Waals surface area contributed by atoms with E-state index in [0.29, 0.717) is 18.4 Å². The van der Waals surface area contributed by atoms with Gasteiger partial charge in [0.1, 0.15) is 6.61 Å². The van der Waals surface area contributed by atoms with Gasteiger partial charge in [-0.15, -0.1) is 0 Å². The van der Waals surface area contributed by atoms with E-state index in [1.807, 2.05) is 12.2 Å². The van der Waals surface area contributed by atoms with E-state index in [2.05, 4.69) is 18.3 Å². The molecule has 1 amide bonds. The number of ether oxygens (including phenoxy) is 1. The Labute approximate surface area is 71.1 Å². The summed E-state index contributed by atoms with van der Waals surface area (Å²) in [6.45, 7) is 2.62. The third kappa shape index (κ3) is 1.11. The van der Waals surface area contributed by atoms with Gasteiger partial charge in [0.15, 0.2) is 0 Å². The first-order valence-electron chi connectivity index (χ1n) is 4.09. The molecule has 0 saturated carbocycles. The van der Waals surface area contributed by atoms with E-state index in [1.165, 1.54) is 0 Å². The first-order chi connectivity index (χ1) is 5.77. The van der Waals surface area contributed by atoms with Crippen molar-refractivity contribution in [1.29, 1.82) is 0 Å². The van der Waals surface area contributed by atoms with Crippen molar-refractivity contribution in [3.05, 3.63) is 23.9 Å². The van der Waals surface area contributed by atoms with Gasteiger partial charge in [0.2, 0.25) is 0 Å². The van der Waals surface area contributed by atoms with Gasteiger partial charge in [-0.05, 0) is 12.0 Å². The Morgan fingerprint density at radius 3 is 3.33 bits per heavy atom. The summed E-state index contributed by atoms with van der Waals surface area (Å²) in [4.78, 5) is 10.8. The first-order valence-corrected chi connectivity index (χ1v) is 4.09. The van der Waals surface area contributed by atoms with Crippen LogP contribution in [0.25, 0.3) is 0 Å². The molecule has 2 aliphatic rings. The van der Waals surface area contributed by atoms with Crippen LogP contribution in [0.4, 0.5) is 4.79 Å². The molecule has 1 N–H and O–H groups in total. The van der Waals surface area contributed by atoms with Gasteiger partial charge in [0.05, 0.1) is 0 Å². The second-order valence-electron chi connectivity index (χ2n) is 3.20. The fourth-order valence-electron chi connectivity index (χ4n) is 1.57. The smallest absolute Gasteiger partial charge is 0.411 e. The zero-order valence-corrected chi connectivity index (χ0v) is 6.91. The molecule has 0 aromatic heterocycles. The van der Waals surface area contributed by atoms with Gasteiger partial charge in [-0.1, -0.05) is 19.1 Å². The van der Waals surface area contributed by atoms with Crippen molar-refractivity contribution in [2.24, 2.45) is 11.8 Å². The number of rotatable bonds is 0. The number of allylic oxidation sites excluding steroid dienone is 3. The van der Waals surface area contributed by atoms with Gasteiger partial charge in [0, 0.05) is 11.6 Å². The van der Waals surface area contributed by atoms with Crippen LogP contribution in [-0.2, 0) is 4.74 Å². The number of carbonyl (C=O) groups is 1. The fraction of sp³-hybridized carbons (Fsp3) is 0.444. The molecule has 3 heteroatoms. The maximum Gasteiger partial charge on any atom is 0.411 e. The van der Waals surface area contributed by atoms with Crippen molar-refractivity contribution in [3.8, 4) is 0 Å². The lowest BCUT2D eigenvalue weighted by atomic mass is 9.87. The van der Waals surface area contributed by atoms with E-state index >= 15 is 0 Å². The zero-order valence-electron chi connectivity index (χ0n) is 6.91. The van der Waals surface area contributed by atoms with Gasteiger partial charge >= 0.3 is 6.09 Å². The van der Waals surface area contributed by atoms with E-state index in [0.717, 1.165) is 5.70 Å². The van der Waals surface area contributed by atoms with Gasteiger partial charge < -0.3 is 4.74 Å². The minimum Gasteiger partial charge on any atom is -0.449 e. The van der Waals surface area contributed by atoms with Crippen LogP contribution >= 0.6 is 0 Å². The van der Waals surface area contributed by atoms with Crippen LogP contribution in [0, 0.1) is 11.8 Å². The molecule has 12 heavy (non-hydrogen) atoms. The minimum atomic E-state index is -0.333. The Kier molecular flexibility index (Phi) is 1.64. The maximum absolute atomic E-state index is 10.8. The molecule has 64 valence electrons. The number of hydrogen-bond donors (Lipinski definition) is 1. The van der Waals surface area contributed by atoms with Crippen molar-refractivity contribution >= 4 is 6.09 Å². The average molecular weight is 165 g/mol. The Hall–Kier alpha value is -1.25. The van der Waals surface area contributed by atoms with Crippen LogP contribution in [-0.4, -0.2) is 12.7 Å². The maximum atomic E-state index is 10.8. The molecule has 1 saturated heterocycles. The van der Waals surface area contributed by atoms with Crippen molar-refractivity contribution in [1.82, 2.24) is 5.32 Å². The second kappa shape index (κ2) is 2.66. The molecule has 0 spiro atoms. The standard InChI is InChI=1S/C9H11NO2/c1-6-3-2-4-8-7(6)5-12-9(11)10-8/h2-4,6-7H,5H2,1H3,(H,10,11). The van der Waals surface area contributed by atoms with Crippen LogP contribution in [0.2, 0.25) is 0 Å². The molecular weight excluding hydrogens is 154 g/mol. The van der Waals surface area contributed by atoms with Crippen LogP contribution in [0.1, 0.15) is 6.92 Å². The Balaban J connectivity index is 2.21. The van der Waals surface area contributed by atoms with Gasteiger partial charge in [-0.3, -0.25) is 5.32 Å². The highest BCUT2D eigenvalue weighted by Crippen LogP contribution is 2.26. The minimum absolute atomic E-state index is 0.327. The van der Waals surface area contributed by atoms with Crippen molar-refractivity contribution < 1.29 is 9.53 Å². The SMILES string of the molecule is CC1C=CC=C2NC(=O)OCC21. The lowest BCUT2D eigenvalue weighted by Crippen LogP contribution is -2.39. The molecule has 0 aromatic rings. The molecule has 2 rings (SSSR count). The van der Waals surface area contributed by atoms with Crippen molar-refractivity contribution in [2.75, 3.05) is 6.61 Å². The first kappa shape index (κ1) is 7.40. The molecule has 1 aliphatic carbocycles. The second-order valence-corrected chi connectivity index (χ2v) is 3.20. The van der Waals surface area contributed by atoms with Crippen LogP contribution in [0.3, 0.4) is 0 Å². The molecule has 1 aliphatic heterocycles. The van der Waals surface area contributed by atoms with Gasteiger partial charge in [0.25, 0.3) is 0 Å². The highest BCUT2D eigenvalue weighted by atomic mass is 16.6. The molecule has 0 bridgehead atoms. The van der Waals surface area contributed by atoms with E-state index < -0.39 is 0 Å². The molecule has 1 heterocycles. The summed E-state index contributed by atoms with van der Waals surface area (Å²) in [7, 11) is 0. The number of cyclic esters (lactones) is 1. The number of nitrogens with one attached hydrogen (secondary N) is 1. The molecule has 1 fully saturated rings. The predicted octanol–water partition coefficient (Wildman–Crippen LogP) is 1.43. The highest BCUT2D eigenvalue weighted by Gasteiger charge is 2.28. The third-order valence-corrected chi connectivity index (χ3v) is 2.36. The molecule has 0 aromatic carbocycles. The van der Waals surface area contributed by atoms with Crippen molar-refractivity contribution in [2.45, 2.75) is 6.92 Å². The summed E-state index contributed by atoms with van der Waals surface area (Å²) in [5.41, 5.74) is 0.987. The lowest BCUT2D eigenvalue weighted by molar-refractivity contribution is 0.107. The summed E-state index contributed by atoms with van der Waals surface area (Å²) >= 11 is 0. The van der Waals surface area contributed by atoms with Gasteiger partial charge in [-0.2, -0.15) is 0 Å². The molecular formula is C9H11NO2. The van der Waals surface area contributed by atoms with Crippen LogP contribution in [0.15, 0.2) is 23.9 Å². The number of alkyl carbamates (subject to hydrolysis) is 1. The molecule has 0 radical (unpaired) electrons. The summed E-state index contributed by atoms with van der Waals surface area (Å²) in [5.74, 6) is 0.776. The normalized spacial score (nSPS) is 33.1. The quantitative estimate of drug-likeness (QED) is 0.589. The Bertz CT molecular complexity index is 268. The van der Waals surface area contributed by atoms with Crippen LogP contribution < -0.4 is 5.32 Å². The van der Waals surface area contributed by atoms with Crippen LogP contribution in [0.5, 0.6) is 0 Å². The highest BCUT2D eigenvalue weighted by molar-refractivity contribution is 5.71. The zero-order chi connectivity index (χ0) is 8.55. The topological polar surface area (TPSA) is 38.3 Å². The Morgan fingerprint density at radius 1 is 1.67 bits per heavy atom. The number of carbonyl (C=O) groups excluding carboxylic acids is 1. The van der Waals surface area contributed by atoms with E-state index in [1.54, 1.807) is 0 Å². The summed E-state index contributed by atoms with van der Waals surface area (Å²) in [6.07, 6.45) is 5.70. The fourth-order valence-corrected chi connectivity index (χ4v) is 1.57. The number of amides is 1. The molecule has 2 unspecified atom stereocenters. The third-order valence-electron chi connectivity index (χ3n) is 2.36. The summed E-state index contributed by atoms with van der Waals surface area (Å²) in [6, 6.07) is 0. The van der Waals surface area contributed by atoms with E-state index in [9.17, 15) is 4.79 Å². The predicted molar refractivity (Wildman–Crippen MR) is 44.4 cm³/mol. The largest absolute Gasteiger partial charge is 0.449 e. The molecule has 3 nitrogen and oxygen atoms in total. The monoisotopic (exact) mass is 165 g/mol.